The summed E-state index contributed by atoms with van der Waals surface area (Å²) in [6, 6.07) is 22.5. The van der Waals surface area contributed by atoms with Gasteiger partial charge in [-0.2, -0.15) is 0 Å². The average Bonchev–Trinajstić information content (AvgIpc) is 2.66. The maximum atomic E-state index is 10.8. The Morgan fingerprint density at radius 1 is 0.889 bits per heavy atom. The van der Waals surface area contributed by atoms with Gasteiger partial charge in [0.2, 0.25) is 0 Å². The maximum absolute atomic E-state index is 10.8. The number of hydrogen-bond donors (Lipinski definition) is 1. The third-order valence-corrected chi connectivity index (χ3v) is 5.14. The molecule has 3 nitrogen and oxygen atoms in total. The van der Waals surface area contributed by atoms with Crippen LogP contribution < -0.4 is 4.74 Å². The van der Waals surface area contributed by atoms with Gasteiger partial charge in [-0.15, -0.1) is 0 Å². The average molecular weight is 381 g/mol. The predicted octanol–water partition coefficient (Wildman–Crippen LogP) is 5.31. The molecule has 0 heterocycles. The Labute approximate surface area is 163 Å². The van der Waals surface area contributed by atoms with Gasteiger partial charge in [0.05, 0.1) is 5.75 Å². The molecular weight excluding hydrogens is 356 g/mol. The van der Waals surface area contributed by atoms with E-state index in [-0.39, 0.29) is 5.75 Å². The zero-order chi connectivity index (χ0) is 19.2. The second-order valence-electron chi connectivity index (χ2n) is 6.68. The van der Waals surface area contributed by atoms with Crippen molar-refractivity contribution >= 4 is 11.1 Å². The standard InChI is InChI=1S/C23H24O3S/c1-17-5-3-6-18(2)23(17)21-8-4-7-20(15-21)16-26-22-11-9-19(10-12-22)13-14-27(24)25/h3-12,15H,13-14,16H2,1-2H3,(H,24,25). The summed E-state index contributed by atoms with van der Waals surface area (Å²) < 4.78 is 25.5. The highest BCUT2D eigenvalue weighted by molar-refractivity contribution is 7.79. The Morgan fingerprint density at radius 2 is 1.56 bits per heavy atom. The summed E-state index contributed by atoms with van der Waals surface area (Å²) in [5, 5.41) is 0. The molecule has 0 bridgehead atoms. The monoisotopic (exact) mass is 380 g/mol. The van der Waals surface area contributed by atoms with E-state index in [4.69, 9.17) is 9.29 Å². The normalized spacial score (nSPS) is 12.0. The molecule has 0 aliphatic rings. The topological polar surface area (TPSA) is 46.5 Å². The number of rotatable bonds is 7. The Hall–Kier alpha value is -2.43. The van der Waals surface area contributed by atoms with Crippen LogP contribution in [0.4, 0.5) is 0 Å². The van der Waals surface area contributed by atoms with Crippen molar-refractivity contribution in [3.05, 3.63) is 89.0 Å². The van der Waals surface area contributed by atoms with Crippen LogP contribution in [0.2, 0.25) is 0 Å². The molecular formula is C23H24O3S. The molecule has 1 unspecified atom stereocenters. The fraction of sp³-hybridized carbons (Fsp3) is 0.217. The van der Waals surface area contributed by atoms with Gasteiger partial charge in [0, 0.05) is 0 Å². The van der Waals surface area contributed by atoms with E-state index in [2.05, 4.69) is 56.3 Å². The zero-order valence-corrected chi connectivity index (χ0v) is 16.5. The Kier molecular flexibility index (Phi) is 6.43. The lowest BCUT2D eigenvalue weighted by atomic mass is 9.95. The molecule has 0 radical (unpaired) electrons. The van der Waals surface area contributed by atoms with E-state index in [1.54, 1.807) is 0 Å². The van der Waals surface area contributed by atoms with Crippen LogP contribution in [0.5, 0.6) is 5.75 Å². The van der Waals surface area contributed by atoms with Gasteiger partial charge in [0.1, 0.15) is 12.4 Å². The van der Waals surface area contributed by atoms with E-state index in [0.717, 1.165) is 16.9 Å². The van der Waals surface area contributed by atoms with Crippen molar-refractivity contribution in [3.63, 3.8) is 0 Å². The molecule has 3 aromatic carbocycles. The first-order valence-electron chi connectivity index (χ1n) is 8.97. The predicted molar refractivity (Wildman–Crippen MR) is 111 cm³/mol. The number of benzene rings is 3. The lowest BCUT2D eigenvalue weighted by Gasteiger charge is -2.12. The number of hydrogen-bond acceptors (Lipinski definition) is 2. The second kappa shape index (κ2) is 8.98. The smallest absolute Gasteiger partial charge is 0.153 e. The lowest BCUT2D eigenvalue weighted by Crippen LogP contribution is -1.99. The zero-order valence-electron chi connectivity index (χ0n) is 15.6. The highest BCUT2D eigenvalue weighted by Crippen LogP contribution is 2.28. The van der Waals surface area contributed by atoms with Gasteiger partial charge in [0.25, 0.3) is 0 Å². The molecule has 0 spiro atoms. The van der Waals surface area contributed by atoms with E-state index < -0.39 is 11.1 Å². The Bertz CT molecular complexity index is 912. The molecule has 0 fully saturated rings. The molecule has 140 valence electrons. The van der Waals surface area contributed by atoms with Crippen LogP contribution in [-0.2, 0) is 24.1 Å². The van der Waals surface area contributed by atoms with Crippen molar-refractivity contribution in [1.29, 1.82) is 0 Å². The van der Waals surface area contributed by atoms with Crippen molar-refractivity contribution in [2.45, 2.75) is 26.9 Å². The summed E-state index contributed by atoms with van der Waals surface area (Å²) in [6.45, 7) is 4.78. The second-order valence-corrected chi connectivity index (χ2v) is 7.73. The van der Waals surface area contributed by atoms with Gasteiger partial charge < -0.3 is 9.29 Å². The van der Waals surface area contributed by atoms with Crippen LogP contribution in [0, 0.1) is 13.8 Å². The van der Waals surface area contributed by atoms with Crippen LogP contribution in [0.15, 0.2) is 66.7 Å². The van der Waals surface area contributed by atoms with Gasteiger partial charge in [-0.25, -0.2) is 4.21 Å². The molecule has 1 N–H and O–H groups in total. The molecule has 3 aromatic rings. The summed E-state index contributed by atoms with van der Waals surface area (Å²) in [5.74, 6) is 1.05. The molecule has 1 atom stereocenters. The van der Waals surface area contributed by atoms with Crippen LogP contribution in [0.1, 0.15) is 22.3 Å². The SMILES string of the molecule is Cc1cccc(C)c1-c1cccc(COc2ccc(CCS(=O)O)cc2)c1. The van der Waals surface area contributed by atoms with E-state index >= 15 is 0 Å². The number of ether oxygens (including phenoxy) is 1. The summed E-state index contributed by atoms with van der Waals surface area (Å²) in [5.41, 5.74) is 7.18. The van der Waals surface area contributed by atoms with Gasteiger partial charge in [-0.1, -0.05) is 48.5 Å². The van der Waals surface area contributed by atoms with Crippen LogP contribution in [0.25, 0.3) is 11.1 Å². The Morgan fingerprint density at radius 3 is 2.22 bits per heavy atom. The first-order chi connectivity index (χ1) is 13.0. The highest BCUT2D eigenvalue weighted by atomic mass is 32.2. The first kappa shape index (κ1) is 19.3. The summed E-state index contributed by atoms with van der Waals surface area (Å²) in [4.78, 5) is 0. The van der Waals surface area contributed by atoms with Gasteiger partial charge in [-0.05, 0) is 71.8 Å². The minimum atomic E-state index is -1.75. The first-order valence-corrected chi connectivity index (χ1v) is 10.3. The molecule has 0 aliphatic heterocycles. The lowest BCUT2D eigenvalue weighted by molar-refractivity contribution is 0.306. The van der Waals surface area contributed by atoms with Crippen LogP contribution in [-0.4, -0.2) is 14.5 Å². The third-order valence-electron chi connectivity index (χ3n) is 4.59. The van der Waals surface area contributed by atoms with Crippen molar-refractivity contribution in [3.8, 4) is 16.9 Å². The van der Waals surface area contributed by atoms with Crippen molar-refractivity contribution in [2.24, 2.45) is 0 Å². The maximum Gasteiger partial charge on any atom is 0.153 e. The number of aryl methyl sites for hydroxylation is 3. The van der Waals surface area contributed by atoms with Crippen LogP contribution in [0.3, 0.4) is 0 Å². The Balaban J connectivity index is 1.68. The minimum absolute atomic E-state index is 0.255. The third kappa shape index (κ3) is 5.28. The summed E-state index contributed by atoms with van der Waals surface area (Å²) in [6.07, 6.45) is 0.585. The fourth-order valence-corrected chi connectivity index (χ4v) is 3.62. The quantitative estimate of drug-likeness (QED) is 0.565. The molecule has 27 heavy (non-hydrogen) atoms. The highest BCUT2D eigenvalue weighted by Gasteiger charge is 2.06. The molecule has 0 aromatic heterocycles. The van der Waals surface area contributed by atoms with Crippen molar-refractivity contribution in [1.82, 2.24) is 0 Å². The van der Waals surface area contributed by atoms with Crippen molar-refractivity contribution < 1.29 is 13.5 Å². The summed E-state index contributed by atoms with van der Waals surface area (Å²) in [7, 11) is 0. The van der Waals surface area contributed by atoms with Gasteiger partial charge in [-0.3, -0.25) is 0 Å². The molecule has 0 saturated carbocycles. The van der Waals surface area contributed by atoms with Crippen molar-refractivity contribution in [2.75, 3.05) is 5.75 Å². The minimum Gasteiger partial charge on any atom is -0.489 e. The fourth-order valence-electron chi connectivity index (χ4n) is 3.21. The van der Waals surface area contributed by atoms with Crippen LogP contribution >= 0.6 is 0 Å². The molecule has 0 amide bonds. The van der Waals surface area contributed by atoms with E-state index in [0.29, 0.717) is 13.0 Å². The van der Waals surface area contributed by atoms with Gasteiger partial charge >= 0.3 is 0 Å². The van der Waals surface area contributed by atoms with Gasteiger partial charge in [0.15, 0.2) is 11.1 Å². The van der Waals surface area contributed by atoms with E-state index in [9.17, 15) is 4.21 Å². The molecule has 4 heteroatoms. The molecule has 0 aliphatic carbocycles. The molecule has 0 saturated heterocycles. The molecule has 3 rings (SSSR count). The van der Waals surface area contributed by atoms with E-state index in [1.165, 1.54) is 22.3 Å². The largest absolute Gasteiger partial charge is 0.489 e. The summed E-state index contributed by atoms with van der Waals surface area (Å²) >= 11 is -1.75. The van der Waals surface area contributed by atoms with E-state index in [1.807, 2.05) is 24.3 Å².